The first kappa shape index (κ1) is 9.20. The van der Waals surface area contributed by atoms with Crippen LogP contribution in [-0.4, -0.2) is 12.7 Å². The minimum Gasteiger partial charge on any atom is -0.325 e. The summed E-state index contributed by atoms with van der Waals surface area (Å²) in [5, 5.41) is 0. The standard InChI is InChI=1S/C10H14FN/c1-8-4-2-3-5-9(8)6-10(12)7-11/h2-5,10H,6-7,12H2,1H3. The second-order valence-corrected chi connectivity index (χ2v) is 3.04. The van der Waals surface area contributed by atoms with Crippen molar-refractivity contribution in [3.05, 3.63) is 35.4 Å². The Morgan fingerprint density at radius 2 is 2.08 bits per heavy atom. The van der Waals surface area contributed by atoms with Gasteiger partial charge in [0.25, 0.3) is 0 Å². The van der Waals surface area contributed by atoms with Crippen LogP contribution in [0.25, 0.3) is 0 Å². The van der Waals surface area contributed by atoms with Crippen molar-refractivity contribution in [2.45, 2.75) is 19.4 Å². The second kappa shape index (κ2) is 4.21. The molecule has 0 aliphatic carbocycles. The molecule has 2 N–H and O–H groups in total. The lowest BCUT2D eigenvalue weighted by Crippen LogP contribution is -2.25. The summed E-state index contributed by atoms with van der Waals surface area (Å²) in [5.74, 6) is 0. The van der Waals surface area contributed by atoms with E-state index in [0.717, 1.165) is 5.56 Å². The Morgan fingerprint density at radius 1 is 1.42 bits per heavy atom. The van der Waals surface area contributed by atoms with E-state index >= 15 is 0 Å². The first-order valence-corrected chi connectivity index (χ1v) is 4.10. The Morgan fingerprint density at radius 3 is 2.67 bits per heavy atom. The van der Waals surface area contributed by atoms with Crippen molar-refractivity contribution < 1.29 is 4.39 Å². The molecule has 0 aromatic heterocycles. The molecule has 1 aromatic carbocycles. The molecule has 0 saturated carbocycles. The predicted octanol–water partition coefficient (Wildman–Crippen LogP) is 1.83. The van der Waals surface area contributed by atoms with Gasteiger partial charge in [-0.25, -0.2) is 4.39 Å². The fourth-order valence-electron chi connectivity index (χ4n) is 1.18. The quantitative estimate of drug-likeness (QED) is 0.730. The van der Waals surface area contributed by atoms with E-state index in [0.29, 0.717) is 6.42 Å². The van der Waals surface area contributed by atoms with Crippen molar-refractivity contribution in [1.29, 1.82) is 0 Å². The average Bonchev–Trinajstić information content (AvgIpc) is 2.09. The van der Waals surface area contributed by atoms with E-state index in [-0.39, 0.29) is 6.04 Å². The Hall–Kier alpha value is -0.890. The number of hydrogen-bond donors (Lipinski definition) is 1. The van der Waals surface area contributed by atoms with Gasteiger partial charge in [0.15, 0.2) is 0 Å². The normalized spacial score (nSPS) is 12.9. The highest BCUT2D eigenvalue weighted by Crippen LogP contribution is 2.08. The summed E-state index contributed by atoms with van der Waals surface area (Å²) < 4.78 is 12.1. The summed E-state index contributed by atoms with van der Waals surface area (Å²) in [7, 11) is 0. The molecule has 0 bridgehead atoms. The van der Waals surface area contributed by atoms with Crippen LogP contribution in [-0.2, 0) is 6.42 Å². The van der Waals surface area contributed by atoms with E-state index < -0.39 is 6.67 Å². The maximum Gasteiger partial charge on any atom is 0.105 e. The van der Waals surface area contributed by atoms with Gasteiger partial charge in [-0.3, -0.25) is 0 Å². The Kier molecular flexibility index (Phi) is 3.23. The zero-order valence-corrected chi connectivity index (χ0v) is 7.26. The first-order chi connectivity index (χ1) is 5.74. The van der Waals surface area contributed by atoms with E-state index in [4.69, 9.17) is 5.73 Å². The third-order valence-electron chi connectivity index (χ3n) is 1.94. The minimum atomic E-state index is -0.450. The van der Waals surface area contributed by atoms with Crippen LogP contribution < -0.4 is 5.73 Å². The maximum atomic E-state index is 12.1. The smallest absolute Gasteiger partial charge is 0.105 e. The van der Waals surface area contributed by atoms with Gasteiger partial charge < -0.3 is 5.73 Å². The van der Waals surface area contributed by atoms with E-state index in [1.165, 1.54) is 5.56 Å². The van der Waals surface area contributed by atoms with Gasteiger partial charge in [-0.1, -0.05) is 24.3 Å². The van der Waals surface area contributed by atoms with Crippen molar-refractivity contribution in [2.75, 3.05) is 6.67 Å². The summed E-state index contributed by atoms with van der Waals surface area (Å²) in [6.07, 6.45) is 0.628. The van der Waals surface area contributed by atoms with Gasteiger partial charge in [0.1, 0.15) is 6.67 Å². The molecule has 0 radical (unpaired) electrons. The fraction of sp³-hybridized carbons (Fsp3) is 0.400. The molecule has 12 heavy (non-hydrogen) atoms. The van der Waals surface area contributed by atoms with Crippen LogP contribution >= 0.6 is 0 Å². The molecule has 1 nitrogen and oxygen atoms in total. The molecule has 66 valence electrons. The molecule has 2 heteroatoms. The van der Waals surface area contributed by atoms with Gasteiger partial charge in [0, 0.05) is 6.04 Å². The van der Waals surface area contributed by atoms with Crippen LogP contribution in [0, 0.1) is 6.92 Å². The van der Waals surface area contributed by atoms with Crippen LogP contribution in [0.4, 0.5) is 4.39 Å². The molecule has 1 rings (SSSR count). The predicted molar refractivity (Wildman–Crippen MR) is 48.8 cm³/mol. The van der Waals surface area contributed by atoms with Crippen molar-refractivity contribution >= 4 is 0 Å². The summed E-state index contributed by atoms with van der Waals surface area (Å²) >= 11 is 0. The van der Waals surface area contributed by atoms with Crippen LogP contribution in [0.1, 0.15) is 11.1 Å². The average molecular weight is 167 g/mol. The highest BCUT2D eigenvalue weighted by molar-refractivity contribution is 5.26. The second-order valence-electron chi connectivity index (χ2n) is 3.04. The summed E-state index contributed by atoms with van der Waals surface area (Å²) in [6.45, 7) is 1.56. The molecule has 0 saturated heterocycles. The van der Waals surface area contributed by atoms with Gasteiger partial charge in [-0.2, -0.15) is 0 Å². The molecule has 1 atom stereocenters. The minimum absolute atomic E-state index is 0.355. The molecule has 0 heterocycles. The molecular formula is C10H14FN. The number of nitrogens with two attached hydrogens (primary N) is 1. The molecule has 0 spiro atoms. The lowest BCUT2D eigenvalue weighted by Gasteiger charge is -2.08. The van der Waals surface area contributed by atoms with E-state index in [9.17, 15) is 4.39 Å². The van der Waals surface area contributed by atoms with Crippen molar-refractivity contribution in [1.82, 2.24) is 0 Å². The summed E-state index contributed by atoms with van der Waals surface area (Å²) in [6, 6.07) is 7.57. The SMILES string of the molecule is Cc1ccccc1CC(N)CF. The van der Waals surface area contributed by atoms with Gasteiger partial charge >= 0.3 is 0 Å². The van der Waals surface area contributed by atoms with Crippen LogP contribution in [0.3, 0.4) is 0 Å². The highest BCUT2D eigenvalue weighted by Gasteiger charge is 2.04. The van der Waals surface area contributed by atoms with Crippen LogP contribution in [0.15, 0.2) is 24.3 Å². The number of hydrogen-bond acceptors (Lipinski definition) is 1. The number of benzene rings is 1. The molecule has 1 aromatic rings. The number of halogens is 1. The third-order valence-corrected chi connectivity index (χ3v) is 1.94. The number of aryl methyl sites for hydroxylation is 1. The monoisotopic (exact) mass is 167 g/mol. The number of rotatable bonds is 3. The summed E-state index contributed by atoms with van der Waals surface area (Å²) in [4.78, 5) is 0. The van der Waals surface area contributed by atoms with Crippen LogP contribution in [0.2, 0.25) is 0 Å². The Bertz CT molecular complexity index is 247. The summed E-state index contributed by atoms with van der Waals surface area (Å²) in [5.41, 5.74) is 7.82. The van der Waals surface area contributed by atoms with E-state index in [2.05, 4.69) is 0 Å². The van der Waals surface area contributed by atoms with Gasteiger partial charge in [0.2, 0.25) is 0 Å². The highest BCUT2D eigenvalue weighted by atomic mass is 19.1. The van der Waals surface area contributed by atoms with Gasteiger partial charge in [0.05, 0.1) is 0 Å². The molecule has 0 aliphatic heterocycles. The van der Waals surface area contributed by atoms with Gasteiger partial charge in [-0.15, -0.1) is 0 Å². The van der Waals surface area contributed by atoms with E-state index in [1.54, 1.807) is 0 Å². The zero-order valence-electron chi connectivity index (χ0n) is 7.26. The molecule has 0 aliphatic rings. The molecule has 1 unspecified atom stereocenters. The fourth-order valence-corrected chi connectivity index (χ4v) is 1.18. The lowest BCUT2D eigenvalue weighted by molar-refractivity contribution is 0.426. The lowest BCUT2D eigenvalue weighted by atomic mass is 10.0. The Labute approximate surface area is 72.4 Å². The Balaban J connectivity index is 2.69. The maximum absolute atomic E-state index is 12.1. The third kappa shape index (κ3) is 2.31. The van der Waals surface area contributed by atoms with E-state index in [1.807, 2.05) is 31.2 Å². The number of alkyl halides is 1. The zero-order chi connectivity index (χ0) is 8.97. The first-order valence-electron chi connectivity index (χ1n) is 4.10. The topological polar surface area (TPSA) is 26.0 Å². The van der Waals surface area contributed by atoms with Crippen molar-refractivity contribution in [3.8, 4) is 0 Å². The molecular weight excluding hydrogens is 153 g/mol. The molecule has 0 fully saturated rings. The van der Waals surface area contributed by atoms with Crippen LogP contribution in [0.5, 0.6) is 0 Å². The van der Waals surface area contributed by atoms with Crippen molar-refractivity contribution in [2.24, 2.45) is 5.73 Å². The van der Waals surface area contributed by atoms with Gasteiger partial charge in [-0.05, 0) is 24.5 Å². The molecule has 0 amide bonds. The largest absolute Gasteiger partial charge is 0.325 e. The van der Waals surface area contributed by atoms with Crippen molar-refractivity contribution in [3.63, 3.8) is 0 Å².